The number of carbonyl (C=O) groups is 1. The fourth-order valence-electron chi connectivity index (χ4n) is 9.74. The number of fused-ring (bicyclic) bond motifs is 1. The summed E-state index contributed by atoms with van der Waals surface area (Å²) in [5.74, 6) is 3.35. The van der Waals surface area contributed by atoms with Crippen LogP contribution >= 0.6 is 0 Å². The molecule has 0 bridgehead atoms. The van der Waals surface area contributed by atoms with Crippen LogP contribution in [0.15, 0.2) is 24.3 Å². The van der Waals surface area contributed by atoms with Gasteiger partial charge in [-0.25, -0.2) is 0 Å². The average Bonchev–Trinajstić information content (AvgIpc) is 3.29. The van der Waals surface area contributed by atoms with Crippen molar-refractivity contribution in [2.75, 3.05) is 7.11 Å². The first-order chi connectivity index (χ1) is 15.2. The van der Waals surface area contributed by atoms with Gasteiger partial charge >= 0.3 is 0 Å². The van der Waals surface area contributed by atoms with Crippen LogP contribution in [0, 0.1) is 51.8 Å². The van der Waals surface area contributed by atoms with E-state index in [1.807, 2.05) is 12.1 Å². The second-order valence-corrected chi connectivity index (χ2v) is 12.4. The zero-order chi connectivity index (χ0) is 22.6. The van der Waals surface area contributed by atoms with Crippen LogP contribution in [0.4, 0.5) is 0 Å². The Morgan fingerprint density at radius 3 is 2.44 bits per heavy atom. The smallest absolute Gasteiger partial charge is 0.149 e. The van der Waals surface area contributed by atoms with E-state index in [0.717, 1.165) is 37.0 Å². The van der Waals surface area contributed by atoms with Crippen molar-refractivity contribution < 1.29 is 19.4 Å². The van der Waals surface area contributed by atoms with E-state index in [1.165, 1.54) is 0 Å². The van der Waals surface area contributed by atoms with Crippen molar-refractivity contribution in [3.05, 3.63) is 29.8 Å². The summed E-state index contributed by atoms with van der Waals surface area (Å²) in [5, 5.41) is 11.6. The maximum atomic E-state index is 14.4. The van der Waals surface area contributed by atoms with Gasteiger partial charge in [0.05, 0.1) is 31.3 Å². The first kappa shape index (κ1) is 21.2. The van der Waals surface area contributed by atoms with E-state index in [4.69, 9.17) is 9.47 Å². The van der Waals surface area contributed by atoms with Crippen molar-refractivity contribution in [3.8, 4) is 5.75 Å². The summed E-state index contributed by atoms with van der Waals surface area (Å²) < 4.78 is 11.9. The highest BCUT2D eigenvalue weighted by molar-refractivity contribution is 5.98. The zero-order valence-corrected chi connectivity index (χ0v) is 20.1. The highest BCUT2D eigenvalue weighted by Crippen LogP contribution is 2.85. The van der Waals surface area contributed by atoms with Gasteiger partial charge in [0.2, 0.25) is 0 Å². The third kappa shape index (κ3) is 2.29. The number of benzene rings is 1. The molecule has 1 aromatic rings. The summed E-state index contributed by atoms with van der Waals surface area (Å²) in [4.78, 5) is 14.4. The summed E-state index contributed by atoms with van der Waals surface area (Å²) in [6.07, 6.45) is 3.84. The molecule has 10 atom stereocenters. The number of aliphatic hydroxyl groups is 1. The van der Waals surface area contributed by atoms with Gasteiger partial charge in [-0.1, -0.05) is 39.8 Å². The molecule has 4 heteroatoms. The normalized spacial score (nSPS) is 49.9. The largest absolute Gasteiger partial charge is 0.497 e. The quantitative estimate of drug-likeness (QED) is 0.728. The molecule has 2 spiro atoms. The second-order valence-electron chi connectivity index (χ2n) is 12.4. The predicted octanol–water partition coefficient (Wildman–Crippen LogP) is 4.87. The average molecular weight is 439 g/mol. The molecule has 4 nitrogen and oxygen atoms in total. The summed E-state index contributed by atoms with van der Waals surface area (Å²) in [7, 11) is 1.68. The van der Waals surface area contributed by atoms with Gasteiger partial charge in [0.1, 0.15) is 11.5 Å². The molecule has 0 heterocycles. The number of ketones is 1. The molecule has 1 aromatic carbocycles. The Labute approximate surface area is 192 Å². The van der Waals surface area contributed by atoms with E-state index >= 15 is 0 Å². The van der Waals surface area contributed by atoms with E-state index in [1.54, 1.807) is 7.11 Å². The Morgan fingerprint density at radius 1 is 1.03 bits per heavy atom. The lowest BCUT2D eigenvalue weighted by Crippen LogP contribution is -2.54. The molecule has 0 aromatic heterocycles. The number of hydrogen-bond donors (Lipinski definition) is 1. The summed E-state index contributed by atoms with van der Waals surface area (Å²) in [5.41, 5.74) is 0.347. The zero-order valence-electron chi connectivity index (χ0n) is 20.1. The Kier molecular flexibility index (Phi) is 4.36. The molecule has 0 amide bonds. The standard InChI is InChI=1S/C28H38O4/c1-15-6-11-19-16(2)12-20-22-26(3,4)24(32-14-17-7-9-18(31-5)10-8-17)21-13-27(21,22)25(30)28(19,20)23(15)29/h7-10,15-16,19-24,29H,6,11-14H2,1-5H3/t15?,16-,19?,20-,21+,22+,23?,24-,27-,28-/m0/s1. The minimum absolute atomic E-state index is 0.0613. The molecular weight excluding hydrogens is 400 g/mol. The van der Waals surface area contributed by atoms with Crippen LogP contribution in [0.1, 0.15) is 58.9 Å². The number of Topliss-reactive ketones (excluding diaryl/α,β-unsaturated/α-hetero) is 1. The monoisotopic (exact) mass is 438 g/mol. The van der Waals surface area contributed by atoms with E-state index in [-0.39, 0.29) is 22.9 Å². The first-order valence-corrected chi connectivity index (χ1v) is 12.7. The third-order valence-electron chi connectivity index (χ3n) is 10.8. The maximum absolute atomic E-state index is 14.4. The lowest BCUT2D eigenvalue weighted by Gasteiger charge is -2.48. The SMILES string of the molecule is COc1ccc(CO[C@H]2[C@H]3C[C@]34C(=O)[C@@]35C(O)C(C)CCC3[C@@H](C)C[C@H]5[C@@H]4C2(C)C)cc1. The van der Waals surface area contributed by atoms with Gasteiger partial charge in [-0.15, -0.1) is 0 Å². The number of ether oxygens (including phenoxy) is 2. The molecule has 32 heavy (non-hydrogen) atoms. The molecular formula is C28H38O4. The van der Waals surface area contributed by atoms with Crippen LogP contribution < -0.4 is 4.74 Å². The molecule has 174 valence electrons. The number of methoxy groups -OCH3 is 1. The molecule has 0 saturated heterocycles. The third-order valence-corrected chi connectivity index (χ3v) is 10.8. The van der Waals surface area contributed by atoms with Crippen molar-refractivity contribution in [1.29, 1.82) is 0 Å². The Morgan fingerprint density at radius 2 is 1.75 bits per heavy atom. The fourth-order valence-corrected chi connectivity index (χ4v) is 9.74. The van der Waals surface area contributed by atoms with E-state index < -0.39 is 11.5 Å². The van der Waals surface area contributed by atoms with Crippen LogP contribution in [0.2, 0.25) is 0 Å². The molecule has 5 fully saturated rings. The molecule has 0 aliphatic heterocycles. The lowest BCUT2D eigenvalue weighted by atomic mass is 9.57. The molecule has 5 aliphatic rings. The van der Waals surface area contributed by atoms with Gasteiger partial charge in [0.15, 0.2) is 0 Å². The van der Waals surface area contributed by atoms with Gasteiger partial charge in [-0.05, 0) is 84.3 Å². The van der Waals surface area contributed by atoms with Gasteiger partial charge in [0.25, 0.3) is 0 Å². The summed E-state index contributed by atoms with van der Waals surface area (Å²) in [6, 6.07) is 8.08. The van der Waals surface area contributed by atoms with Crippen LogP contribution in [0.5, 0.6) is 5.75 Å². The number of rotatable bonds is 4. The molecule has 5 aliphatic carbocycles. The molecule has 6 rings (SSSR count). The summed E-state index contributed by atoms with van der Waals surface area (Å²) in [6.45, 7) is 9.74. The topological polar surface area (TPSA) is 55.8 Å². The molecule has 5 saturated carbocycles. The van der Waals surface area contributed by atoms with Gasteiger partial charge in [-0.2, -0.15) is 0 Å². The minimum atomic E-state index is -0.491. The fraction of sp³-hybridized carbons (Fsp3) is 0.750. The Bertz CT molecular complexity index is 937. The van der Waals surface area contributed by atoms with Crippen molar-refractivity contribution in [2.24, 2.45) is 51.8 Å². The van der Waals surface area contributed by atoms with E-state index in [9.17, 15) is 9.90 Å². The predicted molar refractivity (Wildman–Crippen MR) is 122 cm³/mol. The second kappa shape index (κ2) is 6.60. The number of carbonyl (C=O) groups excluding carboxylic acids is 1. The Balaban J connectivity index is 1.32. The van der Waals surface area contributed by atoms with Crippen molar-refractivity contribution >= 4 is 5.78 Å². The van der Waals surface area contributed by atoms with Crippen molar-refractivity contribution in [1.82, 2.24) is 0 Å². The highest BCUT2D eigenvalue weighted by atomic mass is 16.5. The van der Waals surface area contributed by atoms with Gasteiger partial charge in [-0.3, -0.25) is 4.79 Å². The Hall–Kier alpha value is -1.39. The first-order valence-electron chi connectivity index (χ1n) is 12.7. The minimum Gasteiger partial charge on any atom is -0.497 e. The van der Waals surface area contributed by atoms with Crippen molar-refractivity contribution in [2.45, 2.75) is 72.2 Å². The number of aliphatic hydroxyl groups excluding tert-OH is 1. The molecule has 1 N–H and O–H groups in total. The summed E-state index contributed by atoms with van der Waals surface area (Å²) >= 11 is 0. The van der Waals surface area contributed by atoms with E-state index in [2.05, 4.69) is 39.8 Å². The van der Waals surface area contributed by atoms with Crippen LogP contribution in [-0.2, 0) is 16.1 Å². The van der Waals surface area contributed by atoms with E-state index in [0.29, 0.717) is 42.0 Å². The van der Waals surface area contributed by atoms with Crippen LogP contribution in [-0.4, -0.2) is 30.2 Å². The lowest BCUT2D eigenvalue weighted by molar-refractivity contribution is -0.153. The molecule has 3 unspecified atom stereocenters. The highest BCUT2D eigenvalue weighted by Gasteiger charge is 2.88. The van der Waals surface area contributed by atoms with Crippen LogP contribution in [0.25, 0.3) is 0 Å². The maximum Gasteiger partial charge on any atom is 0.149 e. The molecule has 0 radical (unpaired) electrons. The number of hydrogen-bond acceptors (Lipinski definition) is 4. The van der Waals surface area contributed by atoms with Gasteiger partial charge in [0, 0.05) is 5.41 Å². The van der Waals surface area contributed by atoms with Crippen LogP contribution in [0.3, 0.4) is 0 Å². The van der Waals surface area contributed by atoms with Gasteiger partial charge < -0.3 is 14.6 Å². The van der Waals surface area contributed by atoms with Crippen molar-refractivity contribution in [3.63, 3.8) is 0 Å².